The van der Waals surface area contributed by atoms with Gasteiger partial charge in [-0.2, -0.15) is 0 Å². The van der Waals surface area contributed by atoms with Crippen molar-refractivity contribution in [1.29, 1.82) is 0 Å². The van der Waals surface area contributed by atoms with Crippen LogP contribution in [-0.4, -0.2) is 25.7 Å². The van der Waals surface area contributed by atoms with Crippen LogP contribution in [0, 0.1) is 0 Å². The average molecular weight is 319 g/mol. The minimum Gasteiger partial charge on any atom is -0.415 e. The molecule has 0 bridgehead atoms. The Morgan fingerprint density at radius 1 is 0.789 bits per heavy atom. The summed E-state index contributed by atoms with van der Waals surface area (Å²) >= 11 is 0. The van der Waals surface area contributed by atoms with Gasteiger partial charge in [-0.05, 0) is 30.2 Å². The van der Waals surface area contributed by atoms with Gasteiger partial charge in [0, 0.05) is 0 Å². The minimum atomic E-state index is -2.25. The van der Waals surface area contributed by atoms with E-state index in [1.807, 2.05) is 5.70 Å². The normalized spacial score (nSPS) is 24.1. The van der Waals surface area contributed by atoms with E-state index in [0.29, 0.717) is 0 Å². The summed E-state index contributed by atoms with van der Waals surface area (Å²) in [5.41, 5.74) is 2.01. The smallest absolute Gasteiger partial charge is 0.346 e. The van der Waals surface area contributed by atoms with Crippen molar-refractivity contribution >= 4 is 25.7 Å². The first kappa shape index (κ1) is 17.3. The SMILES string of the molecule is C=C[Si]1(CCC)O[Si](CC)(CC)O[Si](CC)(CC)O1. The lowest BCUT2D eigenvalue weighted by molar-refractivity contribution is 0.218. The molecule has 0 aromatic carbocycles. The molecule has 3 nitrogen and oxygen atoms in total. The van der Waals surface area contributed by atoms with Crippen molar-refractivity contribution in [2.45, 2.75) is 71.3 Å². The molecule has 0 amide bonds. The summed E-state index contributed by atoms with van der Waals surface area (Å²) in [6.07, 6.45) is 1.09. The fourth-order valence-corrected chi connectivity index (χ4v) is 20.1. The summed E-state index contributed by atoms with van der Waals surface area (Å²) in [5, 5.41) is 0. The zero-order chi connectivity index (χ0) is 14.6. The third kappa shape index (κ3) is 3.48. The maximum absolute atomic E-state index is 6.58. The third-order valence-electron chi connectivity index (χ3n) is 4.15. The molecule has 0 N–H and O–H groups in total. The molecule has 1 aliphatic rings. The predicted octanol–water partition coefficient (Wildman–Crippen LogP) is 4.59. The lowest BCUT2D eigenvalue weighted by Crippen LogP contribution is -2.69. The standard InChI is InChI=1S/C13H30O3Si3/c1-7-13-19(12-6)15-17(8-2,9-3)14-18(10-4,11-5)16-19/h12H,6-11,13H2,1-5H3. The van der Waals surface area contributed by atoms with Crippen LogP contribution in [0.1, 0.15) is 41.0 Å². The molecule has 1 aliphatic heterocycles. The lowest BCUT2D eigenvalue weighted by atomic mass is 10.6. The van der Waals surface area contributed by atoms with Crippen LogP contribution in [0.3, 0.4) is 0 Å². The Morgan fingerprint density at radius 2 is 1.21 bits per heavy atom. The fraction of sp³-hybridized carbons (Fsp3) is 0.846. The van der Waals surface area contributed by atoms with Crippen LogP contribution in [0.15, 0.2) is 12.3 Å². The van der Waals surface area contributed by atoms with Crippen LogP contribution < -0.4 is 0 Å². The van der Waals surface area contributed by atoms with Crippen LogP contribution >= 0.6 is 0 Å². The van der Waals surface area contributed by atoms with Crippen molar-refractivity contribution in [3.8, 4) is 0 Å². The second-order valence-corrected chi connectivity index (χ2v) is 16.8. The van der Waals surface area contributed by atoms with E-state index in [1.54, 1.807) is 0 Å². The second kappa shape index (κ2) is 6.82. The first-order valence-corrected chi connectivity index (χ1v) is 14.3. The van der Waals surface area contributed by atoms with Crippen LogP contribution in [0.2, 0.25) is 30.2 Å². The van der Waals surface area contributed by atoms with Gasteiger partial charge in [-0.1, -0.05) is 46.7 Å². The second-order valence-electron chi connectivity index (χ2n) is 5.31. The third-order valence-corrected chi connectivity index (χ3v) is 19.0. The van der Waals surface area contributed by atoms with E-state index >= 15 is 0 Å². The van der Waals surface area contributed by atoms with E-state index in [1.165, 1.54) is 0 Å². The Labute approximate surface area is 122 Å². The number of hydrogen-bond donors (Lipinski definition) is 0. The predicted molar refractivity (Wildman–Crippen MR) is 87.7 cm³/mol. The van der Waals surface area contributed by atoms with E-state index in [2.05, 4.69) is 41.2 Å². The zero-order valence-corrected chi connectivity index (χ0v) is 16.3. The monoisotopic (exact) mass is 318 g/mol. The maximum atomic E-state index is 6.58. The number of hydrogen-bond acceptors (Lipinski definition) is 3. The highest BCUT2D eigenvalue weighted by molar-refractivity contribution is 6.96. The molecule has 0 spiro atoms. The van der Waals surface area contributed by atoms with E-state index in [-0.39, 0.29) is 0 Å². The molecule has 0 aromatic rings. The molecule has 1 heterocycles. The van der Waals surface area contributed by atoms with Gasteiger partial charge >= 0.3 is 25.7 Å². The highest BCUT2D eigenvalue weighted by Gasteiger charge is 2.58. The summed E-state index contributed by atoms with van der Waals surface area (Å²) in [7, 11) is -6.40. The zero-order valence-electron chi connectivity index (χ0n) is 13.3. The molecule has 1 saturated heterocycles. The van der Waals surface area contributed by atoms with Gasteiger partial charge in [-0.3, -0.25) is 0 Å². The van der Waals surface area contributed by atoms with Crippen molar-refractivity contribution in [2.75, 3.05) is 0 Å². The van der Waals surface area contributed by atoms with Gasteiger partial charge in [-0.15, -0.1) is 6.58 Å². The van der Waals surface area contributed by atoms with Crippen molar-refractivity contribution in [1.82, 2.24) is 0 Å². The topological polar surface area (TPSA) is 27.7 Å². The van der Waals surface area contributed by atoms with Crippen molar-refractivity contribution in [2.24, 2.45) is 0 Å². The Kier molecular flexibility index (Phi) is 6.22. The van der Waals surface area contributed by atoms with E-state index in [4.69, 9.17) is 12.3 Å². The van der Waals surface area contributed by atoms with E-state index in [9.17, 15) is 0 Å². The first-order chi connectivity index (χ1) is 8.99. The van der Waals surface area contributed by atoms with Crippen molar-refractivity contribution < 1.29 is 12.3 Å². The Hall–Kier alpha value is 0.271. The van der Waals surface area contributed by atoms with Crippen LogP contribution in [0.5, 0.6) is 0 Å². The van der Waals surface area contributed by atoms with Gasteiger partial charge in [0.15, 0.2) is 0 Å². The molecule has 1 fully saturated rings. The summed E-state index contributed by atoms with van der Waals surface area (Å²) in [5.74, 6) is 0. The Balaban J connectivity index is 3.17. The number of rotatable bonds is 7. The van der Waals surface area contributed by atoms with Gasteiger partial charge < -0.3 is 12.3 Å². The molecular formula is C13H30O3Si3. The van der Waals surface area contributed by atoms with E-state index in [0.717, 1.165) is 36.6 Å². The van der Waals surface area contributed by atoms with Gasteiger partial charge in [0.2, 0.25) is 0 Å². The van der Waals surface area contributed by atoms with Gasteiger partial charge in [0.05, 0.1) is 0 Å². The maximum Gasteiger partial charge on any atom is 0.346 e. The Bertz CT molecular complexity index is 282. The molecule has 1 rings (SSSR count). The summed E-state index contributed by atoms with van der Waals surface area (Å²) in [4.78, 5) is 0. The quantitative estimate of drug-likeness (QED) is 0.642. The van der Waals surface area contributed by atoms with Gasteiger partial charge in [-0.25, -0.2) is 0 Å². The van der Waals surface area contributed by atoms with Crippen LogP contribution in [0.4, 0.5) is 0 Å². The minimum absolute atomic E-state index is 1.02. The average Bonchev–Trinajstić information content (AvgIpc) is 2.47. The molecular weight excluding hydrogens is 288 g/mol. The van der Waals surface area contributed by atoms with Gasteiger partial charge in [0.25, 0.3) is 0 Å². The summed E-state index contributed by atoms with van der Waals surface area (Å²) < 4.78 is 19.7. The fourth-order valence-electron chi connectivity index (χ4n) is 2.74. The molecule has 6 heteroatoms. The molecule has 0 aliphatic carbocycles. The molecule has 0 aromatic heterocycles. The van der Waals surface area contributed by atoms with Crippen LogP contribution in [-0.2, 0) is 12.3 Å². The van der Waals surface area contributed by atoms with Gasteiger partial charge in [0.1, 0.15) is 0 Å². The van der Waals surface area contributed by atoms with Crippen molar-refractivity contribution in [3.05, 3.63) is 12.3 Å². The highest BCUT2D eigenvalue weighted by Crippen LogP contribution is 2.40. The molecule has 112 valence electrons. The largest absolute Gasteiger partial charge is 0.415 e. The molecule has 19 heavy (non-hydrogen) atoms. The first-order valence-electron chi connectivity index (χ1n) is 7.72. The summed E-state index contributed by atoms with van der Waals surface area (Å²) in [6.45, 7) is 15.1. The molecule has 0 radical (unpaired) electrons. The lowest BCUT2D eigenvalue weighted by Gasteiger charge is -2.52. The summed E-state index contributed by atoms with van der Waals surface area (Å²) in [6, 6.07) is 5.10. The highest BCUT2D eigenvalue weighted by atomic mass is 28.5. The molecule has 0 unspecified atom stereocenters. The molecule has 0 saturated carbocycles. The Morgan fingerprint density at radius 3 is 1.47 bits per heavy atom. The van der Waals surface area contributed by atoms with Crippen LogP contribution in [0.25, 0.3) is 0 Å². The molecule has 0 atom stereocenters. The van der Waals surface area contributed by atoms with E-state index < -0.39 is 25.7 Å². The van der Waals surface area contributed by atoms with Crippen molar-refractivity contribution in [3.63, 3.8) is 0 Å².